The quantitative estimate of drug-likeness (QED) is 0.649. The van der Waals surface area contributed by atoms with E-state index in [0.717, 1.165) is 5.69 Å². The molecule has 5 nitrogen and oxygen atoms in total. The van der Waals surface area contributed by atoms with Crippen LogP contribution in [0.3, 0.4) is 0 Å². The van der Waals surface area contributed by atoms with Crippen molar-refractivity contribution in [1.29, 1.82) is 0 Å². The molecule has 0 unspecified atom stereocenters. The Bertz CT molecular complexity index is 598. The second kappa shape index (κ2) is 6.47. The molecular weight excluding hydrogens is 256 g/mol. The standard InChI is InChI=1S/C15H16N2O3/c1-19-12-8-14(18)13(15(9-12)20-2)10-16-17-11-6-4-3-5-7-11/h3-10,17-18H,1-2H3. The van der Waals surface area contributed by atoms with Crippen LogP contribution in [0.4, 0.5) is 5.69 Å². The van der Waals surface area contributed by atoms with Gasteiger partial charge in [0.05, 0.1) is 31.7 Å². The molecule has 0 aliphatic rings. The first kappa shape index (κ1) is 13.7. The number of hydrogen-bond acceptors (Lipinski definition) is 5. The molecule has 0 amide bonds. The van der Waals surface area contributed by atoms with Crippen LogP contribution in [0.1, 0.15) is 5.56 Å². The van der Waals surface area contributed by atoms with Crippen molar-refractivity contribution in [2.24, 2.45) is 5.10 Å². The maximum absolute atomic E-state index is 9.95. The van der Waals surface area contributed by atoms with Gasteiger partial charge in [0, 0.05) is 12.1 Å². The van der Waals surface area contributed by atoms with Gasteiger partial charge in [-0.2, -0.15) is 5.10 Å². The number of nitrogens with zero attached hydrogens (tertiary/aromatic N) is 1. The maximum atomic E-state index is 9.95. The van der Waals surface area contributed by atoms with Gasteiger partial charge in [0.25, 0.3) is 0 Å². The van der Waals surface area contributed by atoms with Crippen LogP contribution >= 0.6 is 0 Å². The Balaban J connectivity index is 2.20. The van der Waals surface area contributed by atoms with Crippen molar-refractivity contribution in [2.75, 3.05) is 19.6 Å². The molecule has 0 spiro atoms. The number of hydrazone groups is 1. The summed E-state index contributed by atoms with van der Waals surface area (Å²) < 4.78 is 10.3. The summed E-state index contributed by atoms with van der Waals surface area (Å²) in [7, 11) is 3.05. The topological polar surface area (TPSA) is 63.1 Å². The zero-order valence-corrected chi connectivity index (χ0v) is 11.3. The lowest BCUT2D eigenvalue weighted by molar-refractivity contribution is 0.384. The first-order valence-corrected chi connectivity index (χ1v) is 6.03. The number of nitrogens with one attached hydrogen (secondary N) is 1. The van der Waals surface area contributed by atoms with Gasteiger partial charge >= 0.3 is 0 Å². The van der Waals surface area contributed by atoms with Crippen molar-refractivity contribution in [3.05, 3.63) is 48.0 Å². The molecule has 0 saturated carbocycles. The fraction of sp³-hybridized carbons (Fsp3) is 0.133. The average Bonchev–Trinajstić information content (AvgIpc) is 2.49. The van der Waals surface area contributed by atoms with Gasteiger partial charge in [-0.05, 0) is 12.1 Å². The van der Waals surface area contributed by atoms with Crippen LogP contribution in [0.25, 0.3) is 0 Å². The lowest BCUT2D eigenvalue weighted by atomic mass is 10.2. The molecule has 20 heavy (non-hydrogen) atoms. The Morgan fingerprint density at radius 2 is 1.85 bits per heavy atom. The number of hydrogen-bond donors (Lipinski definition) is 2. The van der Waals surface area contributed by atoms with Gasteiger partial charge in [0.15, 0.2) is 0 Å². The van der Waals surface area contributed by atoms with E-state index in [2.05, 4.69) is 10.5 Å². The van der Waals surface area contributed by atoms with Crippen LogP contribution in [0.5, 0.6) is 17.2 Å². The van der Waals surface area contributed by atoms with Gasteiger partial charge in [0.2, 0.25) is 0 Å². The number of benzene rings is 2. The molecular formula is C15H16N2O3. The molecule has 104 valence electrons. The van der Waals surface area contributed by atoms with Crippen LogP contribution in [0, 0.1) is 0 Å². The molecule has 5 heteroatoms. The number of phenolic OH excluding ortho intramolecular Hbond substituents is 1. The molecule has 2 N–H and O–H groups in total. The molecule has 0 aliphatic heterocycles. The first-order chi connectivity index (χ1) is 9.74. The zero-order chi connectivity index (χ0) is 14.4. The van der Waals surface area contributed by atoms with Crippen LogP contribution in [-0.2, 0) is 0 Å². The molecule has 2 aromatic carbocycles. The van der Waals surface area contributed by atoms with Crippen molar-refractivity contribution in [3.63, 3.8) is 0 Å². The molecule has 0 radical (unpaired) electrons. The summed E-state index contributed by atoms with van der Waals surface area (Å²) in [6, 6.07) is 12.7. The van der Waals surface area contributed by atoms with Crippen LogP contribution in [0.15, 0.2) is 47.6 Å². The minimum atomic E-state index is 0.0415. The van der Waals surface area contributed by atoms with Gasteiger partial charge in [-0.15, -0.1) is 0 Å². The van der Waals surface area contributed by atoms with Gasteiger partial charge in [0.1, 0.15) is 17.2 Å². The van der Waals surface area contributed by atoms with Crippen molar-refractivity contribution < 1.29 is 14.6 Å². The smallest absolute Gasteiger partial charge is 0.135 e. The Morgan fingerprint density at radius 3 is 2.50 bits per heavy atom. The Morgan fingerprint density at radius 1 is 1.10 bits per heavy atom. The fourth-order valence-corrected chi connectivity index (χ4v) is 1.69. The van der Waals surface area contributed by atoms with Crippen LogP contribution in [0.2, 0.25) is 0 Å². The highest BCUT2D eigenvalue weighted by Crippen LogP contribution is 2.31. The number of ether oxygens (including phenoxy) is 2. The molecule has 2 aromatic rings. The maximum Gasteiger partial charge on any atom is 0.135 e. The Kier molecular flexibility index (Phi) is 4.44. The van der Waals surface area contributed by atoms with E-state index in [1.807, 2.05) is 30.3 Å². The average molecular weight is 272 g/mol. The minimum absolute atomic E-state index is 0.0415. The van der Waals surface area contributed by atoms with E-state index in [0.29, 0.717) is 17.1 Å². The van der Waals surface area contributed by atoms with E-state index in [1.165, 1.54) is 26.5 Å². The molecule has 0 aromatic heterocycles. The lowest BCUT2D eigenvalue weighted by Gasteiger charge is -2.09. The van der Waals surface area contributed by atoms with Crippen molar-refractivity contribution >= 4 is 11.9 Å². The van der Waals surface area contributed by atoms with E-state index in [-0.39, 0.29) is 5.75 Å². The Hall–Kier alpha value is -2.69. The summed E-state index contributed by atoms with van der Waals surface area (Å²) in [5, 5.41) is 14.0. The minimum Gasteiger partial charge on any atom is -0.507 e. The zero-order valence-electron chi connectivity index (χ0n) is 11.3. The van der Waals surface area contributed by atoms with Crippen molar-refractivity contribution in [1.82, 2.24) is 0 Å². The number of phenols is 1. The molecule has 0 heterocycles. The SMILES string of the molecule is COc1cc(O)c(C=NNc2ccccc2)c(OC)c1. The highest BCUT2D eigenvalue weighted by molar-refractivity contribution is 5.88. The molecule has 0 aliphatic carbocycles. The molecule has 0 atom stereocenters. The molecule has 0 saturated heterocycles. The predicted molar refractivity (Wildman–Crippen MR) is 78.9 cm³/mol. The summed E-state index contributed by atoms with van der Waals surface area (Å²) in [5.41, 5.74) is 4.21. The number of methoxy groups -OCH3 is 2. The van der Waals surface area contributed by atoms with Crippen molar-refractivity contribution in [3.8, 4) is 17.2 Å². The summed E-state index contributed by atoms with van der Waals surface area (Å²) >= 11 is 0. The predicted octanol–water partition coefficient (Wildman–Crippen LogP) is 2.86. The summed E-state index contributed by atoms with van der Waals surface area (Å²) in [5.74, 6) is 1.05. The third-order valence-corrected chi connectivity index (χ3v) is 2.71. The van der Waals surface area contributed by atoms with E-state index < -0.39 is 0 Å². The first-order valence-electron chi connectivity index (χ1n) is 6.03. The monoisotopic (exact) mass is 272 g/mol. The molecule has 0 fully saturated rings. The largest absolute Gasteiger partial charge is 0.507 e. The lowest BCUT2D eigenvalue weighted by Crippen LogP contribution is -1.96. The van der Waals surface area contributed by atoms with Crippen LogP contribution in [-0.4, -0.2) is 25.5 Å². The van der Waals surface area contributed by atoms with E-state index in [1.54, 1.807) is 6.07 Å². The van der Waals surface area contributed by atoms with Gasteiger partial charge in [-0.25, -0.2) is 0 Å². The number of anilines is 1. The number of rotatable bonds is 5. The second-order valence-electron chi connectivity index (χ2n) is 4.00. The van der Waals surface area contributed by atoms with E-state index in [9.17, 15) is 5.11 Å². The second-order valence-corrected chi connectivity index (χ2v) is 4.00. The summed E-state index contributed by atoms with van der Waals surface area (Å²) in [6.07, 6.45) is 1.50. The normalized spacial score (nSPS) is 10.5. The highest BCUT2D eigenvalue weighted by Gasteiger charge is 2.09. The van der Waals surface area contributed by atoms with Gasteiger partial charge in [-0.1, -0.05) is 18.2 Å². The van der Waals surface area contributed by atoms with Gasteiger partial charge < -0.3 is 14.6 Å². The van der Waals surface area contributed by atoms with Crippen molar-refractivity contribution in [2.45, 2.75) is 0 Å². The van der Waals surface area contributed by atoms with Gasteiger partial charge in [-0.3, -0.25) is 5.43 Å². The third kappa shape index (κ3) is 3.20. The number of aromatic hydroxyl groups is 1. The van der Waals surface area contributed by atoms with E-state index >= 15 is 0 Å². The van der Waals surface area contributed by atoms with Crippen LogP contribution < -0.4 is 14.9 Å². The summed E-state index contributed by atoms with van der Waals surface area (Å²) in [4.78, 5) is 0. The highest BCUT2D eigenvalue weighted by atomic mass is 16.5. The van der Waals surface area contributed by atoms with E-state index in [4.69, 9.17) is 9.47 Å². The number of para-hydroxylation sites is 1. The molecule has 0 bridgehead atoms. The Labute approximate surface area is 117 Å². The fourth-order valence-electron chi connectivity index (χ4n) is 1.69. The third-order valence-electron chi connectivity index (χ3n) is 2.71. The molecule has 2 rings (SSSR count). The summed E-state index contributed by atoms with van der Waals surface area (Å²) in [6.45, 7) is 0.